The fourth-order valence-corrected chi connectivity index (χ4v) is 2.81. The summed E-state index contributed by atoms with van der Waals surface area (Å²) in [5, 5.41) is 1.09. The summed E-state index contributed by atoms with van der Waals surface area (Å²) in [5.74, 6) is -0.250. The van der Waals surface area contributed by atoms with E-state index >= 15 is 0 Å². The number of aromatic nitrogens is 3. The highest BCUT2D eigenvalue weighted by molar-refractivity contribution is 5.88. The van der Waals surface area contributed by atoms with Crippen molar-refractivity contribution < 1.29 is 4.39 Å². The van der Waals surface area contributed by atoms with E-state index in [4.69, 9.17) is 0 Å². The first-order valence-corrected chi connectivity index (χ1v) is 7.37. The minimum atomic E-state index is -0.250. The standard InChI is InChI=1S/C19H14FN3/c1-13-6-11-22-19-17(13)12-18(14-7-9-21-10-8-14)23(19)16-4-2-15(20)3-5-16/h2-12H,1H3. The summed E-state index contributed by atoms with van der Waals surface area (Å²) in [6, 6.07) is 14.5. The van der Waals surface area contributed by atoms with Gasteiger partial charge in [-0.2, -0.15) is 0 Å². The normalized spacial score (nSPS) is 11.0. The van der Waals surface area contributed by atoms with Gasteiger partial charge in [0.1, 0.15) is 11.5 Å². The molecule has 3 aromatic heterocycles. The maximum Gasteiger partial charge on any atom is 0.145 e. The van der Waals surface area contributed by atoms with E-state index in [9.17, 15) is 4.39 Å². The summed E-state index contributed by atoms with van der Waals surface area (Å²) in [7, 11) is 0. The van der Waals surface area contributed by atoms with Gasteiger partial charge in [-0.25, -0.2) is 9.37 Å². The van der Waals surface area contributed by atoms with Crippen molar-refractivity contribution in [2.45, 2.75) is 6.92 Å². The van der Waals surface area contributed by atoms with Crippen LogP contribution in [-0.2, 0) is 0 Å². The van der Waals surface area contributed by atoms with E-state index < -0.39 is 0 Å². The van der Waals surface area contributed by atoms with Gasteiger partial charge in [0.25, 0.3) is 0 Å². The van der Waals surface area contributed by atoms with Gasteiger partial charge in [-0.3, -0.25) is 9.55 Å². The van der Waals surface area contributed by atoms with Crippen LogP contribution in [0, 0.1) is 12.7 Å². The highest BCUT2D eigenvalue weighted by atomic mass is 19.1. The maximum absolute atomic E-state index is 13.3. The molecule has 0 amide bonds. The van der Waals surface area contributed by atoms with Crippen molar-refractivity contribution in [3.63, 3.8) is 0 Å². The predicted molar refractivity (Wildman–Crippen MR) is 89.0 cm³/mol. The predicted octanol–water partition coefficient (Wildman–Crippen LogP) is 4.54. The average molecular weight is 303 g/mol. The average Bonchev–Trinajstić information content (AvgIpc) is 2.97. The molecule has 0 aliphatic rings. The lowest BCUT2D eigenvalue weighted by Gasteiger charge is -2.10. The summed E-state index contributed by atoms with van der Waals surface area (Å²) < 4.78 is 15.3. The second kappa shape index (κ2) is 5.32. The first kappa shape index (κ1) is 13.6. The van der Waals surface area contributed by atoms with Crippen LogP contribution in [0.2, 0.25) is 0 Å². The maximum atomic E-state index is 13.3. The third-order valence-electron chi connectivity index (χ3n) is 3.98. The Morgan fingerprint density at radius 2 is 1.65 bits per heavy atom. The molecule has 0 aliphatic carbocycles. The van der Waals surface area contributed by atoms with Gasteiger partial charge in [0.15, 0.2) is 0 Å². The fourth-order valence-electron chi connectivity index (χ4n) is 2.81. The molecular weight excluding hydrogens is 289 g/mol. The van der Waals surface area contributed by atoms with Crippen LogP contribution < -0.4 is 0 Å². The summed E-state index contributed by atoms with van der Waals surface area (Å²) in [5.41, 5.74) is 4.96. The number of nitrogens with zero attached hydrogens (tertiary/aromatic N) is 3. The van der Waals surface area contributed by atoms with Crippen molar-refractivity contribution in [3.05, 3.63) is 78.5 Å². The van der Waals surface area contributed by atoms with Crippen LogP contribution in [0.5, 0.6) is 0 Å². The summed E-state index contributed by atoms with van der Waals surface area (Å²) in [6.45, 7) is 2.06. The van der Waals surface area contributed by atoms with E-state index in [2.05, 4.69) is 27.5 Å². The monoisotopic (exact) mass is 303 g/mol. The van der Waals surface area contributed by atoms with Crippen LogP contribution in [0.25, 0.3) is 28.0 Å². The van der Waals surface area contributed by atoms with Crippen LogP contribution in [0.4, 0.5) is 4.39 Å². The van der Waals surface area contributed by atoms with E-state index in [1.165, 1.54) is 12.1 Å². The summed E-state index contributed by atoms with van der Waals surface area (Å²) in [6.07, 6.45) is 5.33. The van der Waals surface area contributed by atoms with E-state index in [1.807, 2.05) is 18.2 Å². The zero-order valence-electron chi connectivity index (χ0n) is 12.6. The Kier molecular flexibility index (Phi) is 3.15. The molecule has 4 aromatic rings. The summed E-state index contributed by atoms with van der Waals surface area (Å²) in [4.78, 5) is 8.62. The van der Waals surface area contributed by atoms with Gasteiger partial charge in [0, 0.05) is 35.2 Å². The first-order valence-electron chi connectivity index (χ1n) is 7.37. The van der Waals surface area contributed by atoms with E-state index in [-0.39, 0.29) is 5.82 Å². The molecule has 112 valence electrons. The number of aryl methyl sites for hydroxylation is 1. The molecule has 0 saturated carbocycles. The Balaban J connectivity index is 2.07. The second-order valence-corrected chi connectivity index (χ2v) is 5.44. The molecule has 1 aromatic carbocycles. The SMILES string of the molecule is Cc1ccnc2c1cc(-c1ccncc1)n2-c1ccc(F)cc1. The number of hydrogen-bond acceptors (Lipinski definition) is 2. The number of halogens is 1. The number of benzene rings is 1. The van der Waals surface area contributed by atoms with E-state index in [0.29, 0.717) is 0 Å². The van der Waals surface area contributed by atoms with E-state index in [0.717, 1.165) is 33.5 Å². The molecule has 0 bridgehead atoms. The quantitative estimate of drug-likeness (QED) is 0.544. The Morgan fingerprint density at radius 1 is 0.913 bits per heavy atom. The molecule has 0 saturated heterocycles. The van der Waals surface area contributed by atoms with Crippen molar-refractivity contribution >= 4 is 11.0 Å². The Labute approximate surface area is 133 Å². The topological polar surface area (TPSA) is 30.7 Å². The first-order chi connectivity index (χ1) is 11.2. The number of pyridine rings is 2. The van der Waals surface area contributed by atoms with Crippen LogP contribution >= 0.6 is 0 Å². The zero-order valence-corrected chi connectivity index (χ0v) is 12.6. The minimum Gasteiger partial charge on any atom is -0.294 e. The Bertz CT molecular complexity index is 973. The molecule has 0 fully saturated rings. The molecule has 0 N–H and O–H groups in total. The summed E-state index contributed by atoms with van der Waals surface area (Å²) >= 11 is 0. The molecular formula is C19H14FN3. The smallest absolute Gasteiger partial charge is 0.145 e. The zero-order chi connectivity index (χ0) is 15.8. The van der Waals surface area contributed by atoms with Crippen LogP contribution in [-0.4, -0.2) is 14.5 Å². The van der Waals surface area contributed by atoms with Crippen molar-refractivity contribution in [1.29, 1.82) is 0 Å². The van der Waals surface area contributed by atoms with Crippen LogP contribution in [0.15, 0.2) is 67.1 Å². The van der Waals surface area contributed by atoms with Gasteiger partial charge < -0.3 is 0 Å². The molecule has 4 rings (SSSR count). The molecule has 0 unspecified atom stereocenters. The minimum absolute atomic E-state index is 0.250. The van der Waals surface area contributed by atoms with Crippen molar-refractivity contribution in [3.8, 4) is 16.9 Å². The highest BCUT2D eigenvalue weighted by Gasteiger charge is 2.14. The third kappa shape index (κ3) is 2.28. The molecule has 3 nitrogen and oxygen atoms in total. The molecule has 23 heavy (non-hydrogen) atoms. The van der Waals surface area contributed by atoms with Gasteiger partial charge >= 0.3 is 0 Å². The number of hydrogen-bond donors (Lipinski definition) is 0. The molecule has 0 aliphatic heterocycles. The van der Waals surface area contributed by atoms with Crippen molar-refractivity contribution in [1.82, 2.24) is 14.5 Å². The lowest BCUT2D eigenvalue weighted by atomic mass is 10.1. The van der Waals surface area contributed by atoms with Crippen LogP contribution in [0.3, 0.4) is 0 Å². The highest BCUT2D eigenvalue weighted by Crippen LogP contribution is 2.31. The molecule has 0 radical (unpaired) electrons. The van der Waals surface area contributed by atoms with Gasteiger partial charge in [-0.05, 0) is 61.0 Å². The third-order valence-corrected chi connectivity index (χ3v) is 3.98. The lowest BCUT2D eigenvalue weighted by Crippen LogP contribution is -1.98. The Hall–Kier alpha value is -3.01. The Morgan fingerprint density at radius 3 is 2.39 bits per heavy atom. The second-order valence-electron chi connectivity index (χ2n) is 5.44. The molecule has 0 atom stereocenters. The van der Waals surface area contributed by atoms with Crippen LogP contribution in [0.1, 0.15) is 5.56 Å². The van der Waals surface area contributed by atoms with Gasteiger partial charge in [0.2, 0.25) is 0 Å². The van der Waals surface area contributed by atoms with Gasteiger partial charge in [0.05, 0.1) is 5.69 Å². The molecule has 4 heteroatoms. The van der Waals surface area contributed by atoms with E-state index in [1.54, 1.807) is 30.7 Å². The van der Waals surface area contributed by atoms with Crippen molar-refractivity contribution in [2.24, 2.45) is 0 Å². The van der Waals surface area contributed by atoms with Gasteiger partial charge in [-0.15, -0.1) is 0 Å². The van der Waals surface area contributed by atoms with Gasteiger partial charge in [-0.1, -0.05) is 0 Å². The largest absolute Gasteiger partial charge is 0.294 e. The molecule has 0 spiro atoms. The number of rotatable bonds is 2. The fraction of sp³-hybridized carbons (Fsp3) is 0.0526. The lowest BCUT2D eigenvalue weighted by molar-refractivity contribution is 0.627. The van der Waals surface area contributed by atoms with Crippen molar-refractivity contribution in [2.75, 3.05) is 0 Å². The molecule has 3 heterocycles. The number of fused-ring (bicyclic) bond motifs is 1.